The molecule has 0 bridgehead atoms. The van der Waals surface area contributed by atoms with Crippen LogP contribution in [0.5, 0.6) is 5.75 Å². The van der Waals surface area contributed by atoms with Crippen molar-refractivity contribution in [1.82, 2.24) is 0 Å². The molecule has 0 heterocycles. The van der Waals surface area contributed by atoms with Gasteiger partial charge in [-0.15, -0.1) is 11.8 Å². The summed E-state index contributed by atoms with van der Waals surface area (Å²) in [4.78, 5) is 13.6. The third-order valence-corrected chi connectivity index (χ3v) is 4.41. The number of hydrogen-bond donors (Lipinski definition) is 1. The molecule has 1 unspecified atom stereocenters. The molecule has 2 aromatic rings. The number of hydrogen-bond acceptors (Lipinski definition) is 3. The molecule has 0 aliphatic carbocycles. The number of nitrogens with one attached hydrogen (secondary N) is 1. The molecule has 0 fully saturated rings. The fourth-order valence-corrected chi connectivity index (χ4v) is 2.95. The molecule has 122 valence electrons. The molecule has 0 spiro atoms. The first kappa shape index (κ1) is 17.7. The number of carbonyl (C=O) groups is 1. The highest BCUT2D eigenvalue weighted by Gasteiger charge is 2.19. The highest BCUT2D eigenvalue weighted by atomic mass is 35.5. The number of benzene rings is 2. The van der Waals surface area contributed by atoms with E-state index in [0.29, 0.717) is 17.2 Å². The van der Waals surface area contributed by atoms with Crippen LogP contribution < -0.4 is 10.1 Å². The summed E-state index contributed by atoms with van der Waals surface area (Å²) < 4.78 is 5.77. The molecule has 0 radical (unpaired) electrons. The predicted octanol–water partition coefficient (Wildman–Crippen LogP) is 5.25. The monoisotopic (exact) mass is 349 g/mol. The van der Waals surface area contributed by atoms with E-state index in [0.717, 1.165) is 16.3 Å². The number of halogens is 1. The number of para-hydroxylation sites is 1. The Labute approximate surface area is 146 Å². The van der Waals surface area contributed by atoms with Crippen LogP contribution in [0.3, 0.4) is 0 Å². The van der Waals surface area contributed by atoms with Crippen LogP contribution in [0.4, 0.5) is 5.69 Å². The minimum absolute atomic E-state index is 0.147. The third kappa shape index (κ3) is 5.19. The van der Waals surface area contributed by atoms with Crippen molar-refractivity contribution in [2.75, 3.05) is 11.1 Å². The zero-order chi connectivity index (χ0) is 16.7. The van der Waals surface area contributed by atoms with Crippen LogP contribution in [-0.2, 0) is 4.79 Å². The maximum absolute atomic E-state index is 12.5. The van der Waals surface area contributed by atoms with Crippen molar-refractivity contribution in [1.29, 1.82) is 0 Å². The van der Waals surface area contributed by atoms with Crippen molar-refractivity contribution in [2.45, 2.75) is 31.3 Å². The van der Waals surface area contributed by atoms with Gasteiger partial charge in [0.1, 0.15) is 5.75 Å². The minimum atomic E-state index is -0.546. The first-order valence-corrected chi connectivity index (χ1v) is 8.95. The Morgan fingerprint density at radius 1 is 1.17 bits per heavy atom. The van der Waals surface area contributed by atoms with E-state index in [4.69, 9.17) is 16.3 Å². The van der Waals surface area contributed by atoms with Crippen LogP contribution in [0.15, 0.2) is 53.4 Å². The molecular weight excluding hydrogens is 330 g/mol. The third-order valence-electron chi connectivity index (χ3n) is 3.20. The number of carbonyl (C=O) groups excluding carboxylic acids is 1. The van der Waals surface area contributed by atoms with Crippen LogP contribution in [0.1, 0.15) is 20.3 Å². The highest BCUT2D eigenvalue weighted by Crippen LogP contribution is 2.27. The quantitative estimate of drug-likeness (QED) is 0.694. The maximum atomic E-state index is 12.5. The van der Waals surface area contributed by atoms with Crippen molar-refractivity contribution >= 4 is 35.0 Å². The van der Waals surface area contributed by atoms with Gasteiger partial charge in [-0.1, -0.05) is 37.6 Å². The lowest BCUT2D eigenvalue weighted by atomic mass is 10.2. The van der Waals surface area contributed by atoms with E-state index in [1.165, 1.54) is 0 Å². The van der Waals surface area contributed by atoms with Crippen molar-refractivity contribution in [2.24, 2.45) is 0 Å². The Hall–Kier alpha value is -1.65. The van der Waals surface area contributed by atoms with E-state index >= 15 is 0 Å². The summed E-state index contributed by atoms with van der Waals surface area (Å²) in [6, 6.07) is 14.8. The summed E-state index contributed by atoms with van der Waals surface area (Å²) >= 11 is 7.56. The van der Waals surface area contributed by atoms with Gasteiger partial charge in [-0.05, 0) is 48.6 Å². The number of ether oxygens (including phenoxy) is 1. The smallest absolute Gasteiger partial charge is 0.265 e. The van der Waals surface area contributed by atoms with Gasteiger partial charge in [0.05, 0.1) is 5.69 Å². The number of rotatable bonds is 7. The predicted molar refractivity (Wildman–Crippen MR) is 97.6 cm³/mol. The maximum Gasteiger partial charge on any atom is 0.265 e. The molecule has 2 rings (SSSR count). The fraction of sp³-hybridized carbons (Fsp3) is 0.278. The zero-order valence-electron chi connectivity index (χ0n) is 13.2. The second-order valence-electron chi connectivity index (χ2n) is 4.89. The Bertz CT molecular complexity index is 646. The summed E-state index contributed by atoms with van der Waals surface area (Å²) in [5, 5.41) is 3.61. The number of thioether (sulfide) groups is 1. The molecule has 0 saturated heterocycles. The molecule has 0 aromatic heterocycles. The molecule has 1 amide bonds. The molecule has 0 aliphatic rings. The van der Waals surface area contributed by atoms with Crippen LogP contribution in [0.2, 0.25) is 5.02 Å². The van der Waals surface area contributed by atoms with Gasteiger partial charge < -0.3 is 10.1 Å². The van der Waals surface area contributed by atoms with Gasteiger partial charge in [0.25, 0.3) is 5.91 Å². The van der Waals surface area contributed by atoms with E-state index < -0.39 is 6.10 Å². The Morgan fingerprint density at radius 2 is 1.87 bits per heavy atom. The van der Waals surface area contributed by atoms with Crippen LogP contribution in [0, 0.1) is 0 Å². The standard InChI is InChI=1S/C18H20ClNO2S/c1-3-16(22-14-11-9-13(19)10-12-14)18(21)20-15-7-5-6-8-17(15)23-4-2/h5-12,16H,3-4H2,1-2H3,(H,20,21). The molecule has 3 nitrogen and oxygen atoms in total. The summed E-state index contributed by atoms with van der Waals surface area (Å²) in [6.07, 6.45) is 0.0354. The highest BCUT2D eigenvalue weighted by molar-refractivity contribution is 7.99. The second-order valence-corrected chi connectivity index (χ2v) is 6.63. The lowest BCUT2D eigenvalue weighted by molar-refractivity contribution is -0.122. The Kier molecular flexibility index (Phi) is 6.81. The average molecular weight is 350 g/mol. The van der Waals surface area contributed by atoms with Crippen LogP contribution in [0.25, 0.3) is 0 Å². The molecule has 1 N–H and O–H groups in total. The van der Waals surface area contributed by atoms with Crippen molar-refractivity contribution in [3.63, 3.8) is 0 Å². The normalized spacial score (nSPS) is 11.8. The topological polar surface area (TPSA) is 38.3 Å². The molecular formula is C18H20ClNO2S. The largest absolute Gasteiger partial charge is 0.481 e. The molecule has 1 atom stereocenters. The Balaban J connectivity index is 2.06. The second kappa shape index (κ2) is 8.85. The molecule has 23 heavy (non-hydrogen) atoms. The first-order valence-electron chi connectivity index (χ1n) is 7.59. The van der Waals surface area contributed by atoms with Gasteiger partial charge in [0, 0.05) is 9.92 Å². The molecule has 0 saturated carbocycles. The summed E-state index contributed by atoms with van der Waals surface area (Å²) in [5.74, 6) is 1.44. The van der Waals surface area contributed by atoms with Gasteiger partial charge in [0.15, 0.2) is 6.10 Å². The van der Waals surface area contributed by atoms with E-state index in [1.807, 2.05) is 31.2 Å². The fourth-order valence-electron chi connectivity index (χ4n) is 2.06. The summed E-state index contributed by atoms with van der Waals surface area (Å²) in [6.45, 7) is 4.01. The van der Waals surface area contributed by atoms with Crippen molar-refractivity contribution in [3.05, 3.63) is 53.6 Å². The first-order chi connectivity index (χ1) is 11.1. The zero-order valence-corrected chi connectivity index (χ0v) is 14.8. The summed E-state index contributed by atoms with van der Waals surface area (Å²) in [5.41, 5.74) is 0.822. The van der Waals surface area contributed by atoms with Gasteiger partial charge in [-0.25, -0.2) is 0 Å². The van der Waals surface area contributed by atoms with E-state index in [9.17, 15) is 4.79 Å². The lowest BCUT2D eigenvalue weighted by Crippen LogP contribution is -2.32. The van der Waals surface area contributed by atoms with Crippen molar-refractivity contribution in [3.8, 4) is 5.75 Å². The number of amides is 1. The average Bonchev–Trinajstić information content (AvgIpc) is 2.56. The van der Waals surface area contributed by atoms with E-state index in [2.05, 4.69) is 12.2 Å². The van der Waals surface area contributed by atoms with E-state index in [1.54, 1.807) is 36.0 Å². The van der Waals surface area contributed by atoms with Crippen LogP contribution in [-0.4, -0.2) is 17.8 Å². The van der Waals surface area contributed by atoms with Gasteiger partial charge >= 0.3 is 0 Å². The van der Waals surface area contributed by atoms with Crippen LogP contribution >= 0.6 is 23.4 Å². The minimum Gasteiger partial charge on any atom is -0.481 e. The SMILES string of the molecule is CCSc1ccccc1NC(=O)C(CC)Oc1ccc(Cl)cc1. The number of anilines is 1. The van der Waals surface area contributed by atoms with E-state index in [-0.39, 0.29) is 5.91 Å². The van der Waals surface area contributed by atoms with Gasteiger partial charge in [-0.2, -0.15) is 0 Å². The Morgan fingerprint density at radius 3 is 2.52 bits per heavy atom. The molecule has 0 aliphatic heterocycles. The molecule has 5 heteroatoms. The summed E-state index contributed by atoms with van der Waals surface area (Å²) in [7, 11) is 0. The van der Waals surface area contributed by atoms with Gasteiger partial charge in [-0.3, -0.25) is 4.79 Å². The lowest BCUT2D eigenvalue weighted by Gasteiger charge is -2.18. The molecule has 2 aromatic carbocycles. The van der Waals surface area contributed by atoms with Crippen molar-refractivity contribution < 1.29 is 9.53 Å². The van der Waals surface area contributed by atoms with Gasteiger partial charge in [0.2, 0.25) is 0 Å².